The number of anilines is 2. The van der Waals surface area contributed by atoms with Crippen molar-refractivity contribution in [3.8, 4) is 5.69 Å². The predicted molar refractivity (Wildman–Crippen MR) is 130 cm³/mol. The predicted octanol–water partition coefficient (Wildman–Crippen LogP) is 5.30. The number of carbonyl (C=O) groups is 1. The van der Waals surface area contributed by atoms with Gasteiger partial charge in [0.05, 0.1) is 17.3 Å². The Morgan fingerprint density at radius 2 is 1.72 bits per heavy atom. The summed E-state index contributed by atoms with van der Waals surface area (Å²) in [7, 11) is 4.08. The maximum atomic E-state index is 13.5. The van der Waals surface area contributed by atoms with E-state index in [1.165, 1.54) is 0 Å². The molecule has 2 atom stereocenters. The number of hydrogen-bond donors (Lipinski definition) is 1. The maximum Gasteiger partial charge on any atom is 0.143 e. The molecule has 3 aromatic rings. The van der Waals surface area contributed by atoms with Crippen molar-refractivity contribution in [2.75, 3.05) is 24.3 Å². The summed E-state index contributed by atoms with van der Waals surface area (Å²) in [6.07, 6.45) is 2.80. The molecule has 0 unspecified atom stereocenters. The molecule has 32 heavy (non-hydrogen) atoms. The summed E-state index contributed by atoms with van der Waals surface area (Å²) in [6, 6.07) is 18.8. The van der Waals surface area contributed by atoms with E-state index in [4.69, 9.17) is 5.10 Å². The molecular weight excluding hydrogens is 396 g/mol. The summed E-state index contributed by atoms with van der Waals surface area (Å²) in [6.45, 7) is 6.31. The molecular formula is C27H30N4O. The summed E-state index contributed by atoms with van der Waals surface area (Å²) >= 11 is 0. The Morgan fingerprint density at radius 3 is 2.38 bits per heavy atom. The lowest BCUT2D eigenvalue weighted by atomic mass is 9.67. The molecule has 5 heteroatoms. The van der Waals surface area contributed by atoms with Gasteiger partial charge in [-0.1, -0.05) is 50.3 Å². The van der Waals surface area contributed by atoms with E-state index in [0.29, 0.717) is 12.2 Å². The van der Waals surface area contributed by atoms with Gasteiger partial charge in [-0.15, -0.1) is 0 Å². The normalized spacial score (nSPS) is 21.3. The van der Waals surface area contributed by atoms with E-state index in [2.05, 4.69) is 66.5 Å². The number of ketones is 1. The van der Waals surface area contributed by atoms with Crippen LogP contribution in [0.3, 0.4) is 0 Å². The zero-order valence-corrected chi connectivity index (χ0v) is 19.4. The van der Waals surface area contributed by atoms with Crippen molar-refractivity contribution in [3.63, 3.8) is 0 Å². The van der Waals surface area contributed by atoms with Crippen LogP contribution >= 0.6 is 0 Å². The summed E-state index contributed by atoms with van der Waals surface area (Å²) in [5, 5.41) is 8.55. The van der Waals surface area contributed by atoms with Crippen molar-refractivity contribution < 1.29 is 4.79 Å². The number of Topliss-reactive ketones (excluding diaryl/α,β-unsaturated/α-hetero) is 1. The van der Waals surface area contributed by atoms with Gasteiger partial charge in [0.2, 0.25) is 0 Å². The number of allylic oxidation sites excluding steroid dienone is 2. The quantitative estimate of drug-likeness (QED) is 0.617. The fraction of sp³-hybridized carbons (Fsp3) is 0.333. The SMILES string of the molecule is Cc1nn(-c2ccccc2)c2c1[C@@H](c1ccc(N(C)C)cc1)[C@@H]1C(=O)CC(C)(C)C=C1N2. The fourth-order valence-corrected chi connectivity index (χ4v) is 5.20. The van der Waals surface area contributed by atoms with E-state index >= 15 is 0 Å². The van der Waals surface area contributed by atoms with E-state index < -0.39 is 0 Å². The van der Waals surface area contributed by atoms with Crippen LogP contribution < -0.4 is 10.2 Å². The van der Waals surface area contributed by atoms with Crippen molar-refractivity contribution in [2.45, 2.75) is 33.1 Å². The maximum absolute atomic E-state index is 13.5. The summed E-state index contributed by atoms with van der Waals surface area (Å²) in [5.41, 5.74) is 6.20. The van der Waals surface area contributed by atoms with Crippen molar-refractivity contribution >= 4 is 17.3 Å². The van der Waals surface area contributed by atoms with Gasteiger partial charge in [0.1, 0.15) is 11.6 Å². The number of benzene rings is 2. The number of aromatic nitrogens is 2. The highest BCUT2D eigenvalue weighted by Crippen LogP contribution is 2.50. The first-order chi connectivity index (χ1) is 15.2. The molecule has 1 N–H and O–H groups in total. The molecule has 1 aromatic heterocycles. The van der Waals surface area contributed by atoms with Crippen LogP contribution in [0.2, 0.25) is 0 Å². The summed E-state index contributed by atoms with van der Waals surface area (Å²) < 4.78 is 1.98. The second kappa shape index (κ2) is 7.37. The molecule has 0 bridgehead atoms. The average molecular weight is 427 g/mol. The minimum Gasteiger partial charge on any atom is -0.378 e. The molecule has 5 nitrogen and oxygen atoms in total. The Morgan fingerprint density at radius 1 is 1.03 bits per heavy atom. The van der Waals surface area contributed by atoms with E-state index in [1.54, 1.807) is 0 Å². The number of aryl methyl sites for hydroxylation is 1. The van der Waals surface area contributed by atoms with Crippen molar-refractivity contribution in [2.24, 2.45) is 11.3 Å². The minimum atomic E-state index is -0.215. The second-order valence-corrected chi connectivity index (χ2v) is 9.89. The Balaban J connectivity index is 1.73. The standard InChI is InChI=1S/C27H30N4O/c1-17-23-24(18-11-13-19(14-12-18)30(4)5)25-21(15-27(2,3)16-22(25)32)28-26(23)31(29-17)20-9-7-6-8-10-20/h6-15,24-25,28H,16H2,1-5H3/t24-,25+/m1/s1. The van der Waals surface area contributed by atoms with Gasteiger partial charge in [-0.2, -0.15) is 5.10 Å². The summed E-state index contributed by atoms with van der Waals surface area (Å²) in [4.78, 5) is 15.6. The largest absolute Gasteiger partial charge is 0.378 e. The van der Waals surface area contributed by atoms with Crippen LogP contribution in [0.25, 0.3) is 5.69 Å². The molecule has 0 fully saturated rings. The third-order valence-corrected chi connectivity index (χ3v) is 6.64. The molecule has 0 radical (unpaired) electrons. The van der Waals surface area contributed by atoms with Crippen LogP contribution in [-0.4, -0.2) is 29.7 Å². The first kappa shape index (κ1) is 20.6. The van der Waals surface area contributed by atoms with Crippen LogP contribution in [0.4, 0.5) is 11.5 Å². The number of nitrogens with one attached hydrogen (secondary N) is 1. The zero-order chi connectivity index (χ0) is 22.6. The Hall–Kier alpha value is -3.34. The molecule has 1 aliphatic heterocycles. The number of hydrogen-bond acceptors (Lipinski definition) is 4. The molecule has 0 saturated heterocycles. The van der Waals surface area contributed by atoms with Gasteiger partial charge in [-0.25, -0.2) is 4.68 Å². The number of rotatable bonds is 3. The van der Waals surface area contributed by atoms with Crippen molar-refractivity contribution in [1.29, 1.82) is 0 Å². The Kier molecular flexibility index (Phi) is 4.73. The topological polar surface area (TPSA) is 50.2 Å². The van der Waals surface area contributed by atoms with Crippen LogP contribution in [0, 0.1) is 18.3 Å². The first-order valence-corrected chi connectivity index (χ1v) is 11.2. The monoisotopic (exact) mass is 426 g/mol. The van der Waals surface area contributed by atoms with E-state index in [0.717, 1.165) is 39.7 Å². The van der Waals surface area contributed by atoms with E-state index in [-0.39, 0.29) is 17.3 Å². The molecule has 164 valence electrons. The number of fused-ring (bicyclic) bond motifs is 2. The highest BCUT2D eigenvalue weighted by Gasteiger charge is 2.46. The van der Waals surface area contributed by atoms with Gasteiger partial charge in [0.25, 0.3) is 0 Å². The van der Waals surface area contributed by atoms with Gasteiger partial charge in [-0.05, 0) is 42.2 Å². The van der Waals surface area contributed by atoms with E-state index in [9.17, 15) is 4.79 Å². The van der Waals surface area contributed by atoms with Crippen LogP contribution in [-0.2, 0) is 4.79 Å². The molecule has 1 aliphatic carbocycles. The van der Waals surface area contributed by atoms with Crippen LogP contribution in [0.1, 0.15) is 43.0 Å². The van der Waals surface area contributed by atoms with Crippen LogP contribution in [0.5, 0.6) is 0 Å². The molecule has 0 spiro atoms. The lowest BCUT2D eigenvalue weighted by Crippen LogP contribution is -2.39. The molecule has 2 aliphatic rings. The smallest absolute Gasteiger partial charge is 0.143 e. The molecule has 5 rings (SSSR count). The highest BCUT2D eigenvalue weighted by molar-refractivity contribution is 5.90. The lowest BCUT2D eigenvalue weighted by Gasteiger charge is -2.40. The number of para-hydroxylation sites is 1. The average Bonchev–Trinajstić information content (AvgIpc) is 3.08. The fourth-order valence-electron chi connectivity index (χ4n) is 5.20. The third-order valence-electron chi connectivity index (χ3n) is 6.64. The number of carbonyl (C=O) groups excluding carboxylic acids is 1. The Bertz CT molecular complexity index is 1200. The van der Waals surface area contributed by atoms with Gasteiger partial charge in [-0.3, -0.25) is 4.79 Å². The second-order valence-electron chi connectivity index (χ2n) is 9.89. The van der Waals surface area contributed by atoms with Crippen LogP contribution in [0.15, 0.2) is 66.4 Å². The molecule has 2 heterocycles. The lowest BCUT2D eigenvalue weighted by molar-refractivity contribution is -0.124. The third kappa shape index (κ3) is 3.32. The van der Waals surface area contributed by atoms with Gasteiger partial charge >= 0.3 is 0 Å². The zero-order valence-electron chi connectivity index (χ0n) is 19.4. The molecule has 0 saturated carbocycles. The van der Waals surface area contributed by atoms with Crippen molar-refractivity contribution in [3.05, 3.63) is 83.2 Å². The highest BCUT2D eigenvalue weighted by atomic mass is 16.1. The van der Waals surface area contributed by atoms with Gasteiger partial charge in [0, 0.05) is 43.4 Å². The molecule has 0 amide bonds. The Labute approximate surface area is 189 Å². The van der Waals surface area contributed by atoms with Gasteiger partial charge < -0.3 is 10.2 Å². The first-order valence-electron chi connectivity index (χ1n) is 11.2. The van der Waals surface area contributed by atoms with Gasteiger partial charge in [0.15, 0.2) is 0 Å². The van der Waals surface area contributed by atoms with E-state index in [1.807, 2.05) is 43.9 Å². The molecule has 2 aromatic carbocycles. The minimum absolute atomic E-state index is 0.0604. The summed E-state index contributed by atoms with van der Waals surface area (Å²) in [5.74, 6) is 0.977. The number of nitrogens with zero attached hydrogens (tertiary/aromatic N) is 3. The van der Waals surface area contributed by atoms with Crippen molar-refractivity contribution in [1.82, 2.24) is 9.78 Å².